The smallest absolute Gasteiger partial charge is 0.266 e. The summed E-state index contributed by atoms with van der Waals surface area (Å²) in [5.74, 6) is -0.0403. The number of anilines is 1. The van der Waals surface area contributed by atoms with Gasteiger partial charge in [-0.2, -0.15) is 0 Å². The Labute approximate surface area is 193 Å². The van der Waals surface area contributed by atoms with Crippen LogP contribution in [-0.2, 0) is 4.79 Å². The first kappa shape index (κ1) is 21.7. The SMILES string of the molecule is CCN1C(=O)/C(=C/c2cc3c(cc2Cl)N(C)C(C)(C)C=C3C)SC1=Nc1ccccc1. The molecule has 0 radical (unpaired) electrons. The molecule has 0 saturated carbocycles. The van der Waals surface area contributed by atoms with Gasteiger partial charge < -0.3 is 4.90 Å². The third-order valence-corrected chi connectivity index (χ3v) is 7.14. The number of allylic oxidation sites excluding steroid dienone is 1. The van der Waals surface area contributed by atoms with E-state index in [2.05, 4.69) is 49.9 Å². The van der Waals surface area contributed by atoms with Crippen molar-refractivity contribution in [2.45, 2.75) is 33.2 Å². The number of likely N-dealkylation sites (N-methyl/N-ethyl adjacent to an activating group) is 2. The van der Waals surface area contributed by atoms with E-state index in [-0.39, 0.29) is 11.4 Å². The number of amides is 1. The van der Waals surface area contributed by atoms with Gasteiger partial charge in [0, 0.05) is 29.9 Å². The maximum absolute atomic E-state index is 13.0. The van der Waals surface area contributed by atoms with Crippen molar-refractivity contribution in [2.24, 2.45) is 4.99 Å². The molecule has 4 rings (SSSR count). The van der Waals surface area contributed by atoms with Gasteiger partial charge in [-0.1, -0.05) is 35.9 Å². The fourth-order valence-electron chi connectivity index (χ4n) is 3.92. The molecule has 1 fully saturated rings. The number of nitrogens with zero attached hydrogens (tertiary/aromatic N) is 3. The van der Waals surface area contributed by atoms with Crippen LogP contribution in [0.5, 0.6) is 0 Å². The zero-order valence-corrected chi connectivity index (χ0v) is 20.0. The molecule has 2 aromatic rings. The van der Waals surface area contributed by atoms with E-state index in [4.69, 9.17) is 11.6 Å². The predicted octanol–water partition coefficient (Wildman–Crippen LogP) is 6.60. The summed E-state index contributed by atoms with van der Waals surface area (Å²) in [6.07, 6.45) is 4.15. The zero-order chi connectivity index (χ0) is 22.3. The van der Waals surface area contributed by atoms with Crippen molar-refractivity contribution in [3.63, 3.8) is 0 Å². The molecule has 0 spiro atoms. The highest BCUT2D eigenvalue weighted by atomic mass is 35.5. The summed E-state index contributed by atoms with van der Waals surface area (Å²) in [6.45, 7) is 9.01. The number of aliphatic imine (C=N–C) groups is 1. The van der Waals surface area contributed by atoms with E-state index in [1.165, 1.54) is 17.3 Å². The number of benzene rings is 2. The Morgan fingerprint density at radius 1 is 1.19 bits per heavy atom. The number of amidine groups is 1. The summed E-state index contributed by atoms with van der Waals surface area (Å²) >= 11 is 8.07. The summed E-state index contributed by atoms with van der Waals surface area (Å²) in [4.78, 5) is 22.3. The second-order valence-electron chi connectivity index (χ2n) is 8.32. The van der Waals surface area contributed by atoms with E-state index < -0.39 is 0 Å². The molecule has 0 N–H and O–H groups in total. The van der Waals surface area contributed by atoms with E-state index >= 15 is 0 Å². The van der Waals surface area contributed by atoms with Gasteiger partial charge in [0.05, 0.1) is 16.1 Å². The number of para-hydroxylation sites is 1. The molecule has 0 unspecified atom stereocenters. The fraction of sp³-hybridized carbons (Fsp3) is 0.280. The number of rotatable bonds is 3. The summed E-state index contributed by atoms with van der Waals surface area (Å²) in [5, 5.41) is 1.32. The molecular weight excluding hydrogens is 426 g/mol. The molecule has 6 heteroatoms. The molecular formula is C25H26ClN3OS. The molecule has 1 amide bonds. The standard InChI is InChI=1S/C25H26ClN3OS/c1-6-29-23(30)22(31-24(29)27-18-10-8-7-9-11-18)13-17-12-19-16(2)15-25(3,4)28(5)21(19)14-20(17)26/h7-15H,6H2,1-5H3/b22-13-,27-24?. The summed E-state index contributed by atoms with van der Waals surface area (Å²) in [7, 11) is 2.08. The van der Waals surface area contributed by atoms with Gasteiger partial charge in [-0.15, -0.1) is 0 Å². The number of carbonyl (C=O) groups is 1. The second-order valence-corrected chi connectivity index (χ2v) is 9.74. The van der Waals surface area contributed by atoms with Crippen LogP contribution in [0.3, 0.4) is 0 Å². The number of carbonyl (C=O) groups excluding carboxylic acids is 1. The van der Waals surface area contributed by atoms with Gasteiger partial charge in [0.1, 0.15) is 0 Å². The fourth-order valence-corrected chi connectivity index (χ4v) is 5.19. The first-order chi connectivity index (χ1) is 14.7. The average molecular weight is 452 g/mol. The molecule has 1 saturated heterocycles. The molecule has 0 aromatic heterocycles. The highest BCUT2D eigenvalue weighted by Crippen LogP contribution is 2.42. The van der Waals surface area contributed by atoms with Crippen molar-refractivity contribution in [2.75, 3.05) is 18.5 Å². The van der Waals surface area contributed by atoms with Crippen LogP contribution in [0.25, 0.3) is 11.6 Å². The molecule has 2 aliphatic heterocycles. The molecule has 160 valence electrons. The summed E-state index contributed by atoms with van der Waals surface area (Å²) in [5.41, 5.74) is 5.04. The van der Waals surface area contributed by atoms with Crippen LogP contribution in [0.1, 0.15) is 38.8 Å². The van der Waals surface area contributed by atoms with Crippen LogP contribution in [0.4, 0.5) is 11.4 Å². The minimum atomic E-state index is -0.0813. The molecule has 0 atom stereocenters. The Morgan fingerprint density at radius 2 is 1.90 bits per heavy atom. The third-order valence-electron chi connectivity index (χ3n) is 5.81. The summed E-state index contributed by atoms with van der Waals surface area (Å²) < 4.78 is 0. The van der Waals surface area contributed by atoms with Gasteiger partial charge in [-0.05, 0) is 80.9 Å². The zero-order valence-electron chi connectivity index (χ0n) is 18.4. The van der Waals surface area contributed by atoms with Crippen LogP contribution in [-0.4, -0.2) is 35.1 Å². The maximum Gasteiger partial charge on any atom is 0.266 e. The van der Waals surface area contributed by atoms with Crippen molar-refractivity contribution < 1.29 is 4.79 Å². The van der Waals surface area contributed by atoms with E-state index in [1.807, 2.05) is 49.4 Å². The van der Waals surface area contributed by atoms with Gasteiger partial charge in [0.25, 0.3) is 5.91 Å². The Bertz CT molecular complexity index is 1130. The lowest BCUT2D eigenvalue weighted by molar-refractivity contribution is -0.122. The average Bonchev–Trinajstić information content (AvgIpc) is 3.02. The van der Waals surface area contributed by atoms with Crippen LogP contribution in [0.15, 0.2) is 58.4 Å². The number of fused-ring (bicyclic) bond motifs is 1. The lowest BCUT2D eigenvalue weighted by Gasteiger charge is -2.40. The minimum Gasteiger partial charge on any atom is -0.365 e. The lowest BCUT2D eigenvalue weighted by Crippen LogP contribution is -2.42. The molecule has 0 aliphatic carbocycles. The molecule has 2 aliphatic rings. The highest BCUT2D eigenvalue weighted by Gasteiger charge is 2.33. The third kappa shape index (κ3) is 4.04. The minimum absolute atomic E-state index is 0.0403. The van der Waals surface area contributed by atoms with Crippen molar-refractivity contribution in [3.05, 3.63) is 69.6 Å². The Balaban J connectivity index is 1.73. The largest absolute Gasteiger partial charge is 0.365 e. The van der Waals surface area contributed by atoms with Crippen LogP contribution in [0, 0.1) is 0 Å². The molecule has 31 heavy (non-hydrogen) atoms. The predicted molar refractivity (Wildman–Crippen MR) is 134 cm³/mol. The van der Waals surface area contributed by atoms with Gasteiger partial charge in [-0.3, -0.25) is 9.69 Å². The van der Waals surface area contributed by atoms with E-state index in [9.17, 15) is 4.79 Å². The van der Waals surface area contributed by atoms with E-state index in [0.29, 0.717) is 21.6 Å². The van der Waals surface area contributed by atoms with Crippen LogP contribution in [0.2, 0.25) is 5.02 Å². The number of hydrogen-bond donors (Lipinski definition) is 0. The van der Waals surface area contributed by atoms with Crippen LogP contribution < -0.4 is 4.90 Å². The quantitative estimate of drug-likeness (QED) is 0.493. The molecule has 0 bridgehead atoms. The number of thioether (sulfide) groups is 1. The van der Waals surface area contributed by atoms with Crippen molar-refractivity contribution >= 4 is 57.5 Å². The van der Waals surface area contributed by atoms with Gasteiger partial charge in [0.2, 0.25) is 0 Å². The Kier molecular flexibility index (Phi) is 5.75. The van der Waals surface area contributed by atoms with Crippen molar-refractivity contribution in [1.29, 1.82) is 0 Å². The Hall–Kier alpha value is -2.50. The maximum atomic E-state index is 13.0. The Morgan fingerprint density at radius 3 is 2.58 bits per heavy atom. The molecule has 2 heterocycles. The normalized spacial score (nSPS) is 20.5. The molecule has 4 nitrogen and oxygen atoms in total. The van der Waals surface area contributed by atoms with E-state index in [1.54, 1.807) is 4.90 Å². The van der Waals surface area contributed by atoms with Gasteiger partial charge >= 0.3 is 0 Å². The topological polar surface area (TPSA) is 35.9 Å². The summed E-state index contributed by atoms with van der Waals surface area (Å²) in [6, 6.07) is 13.8. The number of halogens is 1. The van der Waals surface area contributed by atoms with E-state index in [0.717, 1.165) is 22.5 Å². The van der Waals surface area contributed by atoms with Crippen LogP contribution >= 0.6 is 23.4 Å². The number of hydrogen-bond acceptors (Lipinski definition) is 4. The molecule has 2 aromatic carbocycles. The highest BCUT2D eigenvalue weighted by molar-refractivity contribution is 8.18. The first-order valence-corrected chi connectivity index (χ1v) is 11.5. The van der Waals surface area contributed by atoms with Gasteiger partial charge in [0.15, 0.2) is 5.17 Å². The first-order valence-electron chi connectivity index (χ1n) is 10.3. The van der Waals surface area contributed by atoms with Crippen molar-refractivity contribution in [3.8, 4) is 0 Å². The van der Waals surface area contributed by atoms with Gasteiger partial charge in [-0.25, -0.2) is 4.99 Å². The monoisotopic (exact) mass is 451 g/mol. The lowest BCUT2D eigenvalue weighted by atomic mass is 9.88. The van der Waals surface area contributed by atoms with Crippen molar-refractivity contribution in [1.82, 2.24) is 4.90 Å². The second kappa shape index (κ2) is 8.21.